The molecule has 222 valence electrons. The van der Waals surface area contributed by atoms with Crippen LogP contribution in [0, 0.1) is 0 Å². The highest BCUT2D eigenvalue weighted by Crippen LogP contribution is 2.41. The maximum Gasteiger partial charge on any atom is 0.159 e. The summed E-state index contributed by atoms with van der Waals surface area (Å²) in [5.74, 6) is 0.788. The quantitative estimate of drug-likeness (QED) is 0.181. The second-order valence-electron chi connectivity index (χ2n) is 13.0. The number of fused-ring (bicyclic) bond motifs is 9. The molecule has 10 rings (SSSR count). The summed E-state index contributed by atoms with van der Waals surface area (Å²) in [6.45, 7) is 4.84. The number of rotatable bonds is 3. The second-order valence-corrected chi connectivity index (χ2v) is 18.4. The van der Waals surface area contributed by atoms with Gasteiger partial charge in [-0.15, -0.1) is 11.3 Å². The van der Waals surface area contributed by atoms with Crippen LogP contribution in [0.4, 0.5) is 0 Å². The number of thiophene rings is 1. The first-order valence-electron chi connectivity index (χ1n) is 16.1. The fourth-order valence-electron chi connectivity index (χ4n) is 7.70. The normalized spacial score (nSPS) is 13.5. The Bertz CT molecular complexity index is 2700. The first-order valence-corrected chi connectivity index (χ1v) is 19.9. The largest absolute Gasteiger partial charge is 0.309 e. The maximum absolute atomic E-state index is 5.37. The van der Waals surface area contributed by atoms with Crippen molar-refractivity contribution in [3.05, 3.63) is 140 Å². The van der Waals surface area contributed by atoms with Gasteiger partial charge in [0, 0.05) is 58.6 Å². The Balaban J connectivity index is 1.16. The summed E-state index contributed by atoms with van der Waals surface area (Å²) in [7, 11) is -2.02. The van der Waals surface area contributed by atoms with Crippen molar-refractivity contribution in [2.24, 2.45) is 0 Å². The summed E-state index contributed by atoms with van der Waals surface area (Å²) in [6.07, 6.45) is 0. The van der Waals surface area contributed by atoms with Gasteiger partial charge in [-0.1, -0.05) is 104 Å². The molecule has 1 aliphatic rings. The van der Waals surface area contributed by atoms with Gasteiger partial charge in [0.1, 0.15) is 8.07 Å². The Hall–Kier alpha value is -5.36. The van der Waals surface area contributed by atoms with Crippen LogP contribution in [-0.2, 0) is 0 Å². The molecule has 0 radical (unpaired) electrons. The number of para-hydroxylation sites is 1. The molecule has 3 aromatic heterocycles. The van der Waals surface area contributed by atoms with E-state index in [1.807, 2.05) is 11.3 Å². The molecule has 0 N–H and O–H groups in total. The van der Waals surface area contributed by atoms with Crippen LogP contribution in [0.15, 0.2) is 140 Å². The first-order chi connectivity index (χ1) is 23.1. The first kappa shape index (κ1) is 26.8. The molecule has 47 heavy (non-hydrogen) atoms. The highest BCUT2D eigenvalue weighted by Gasteiger charge is 2.41. The standard InChI is InChI=1S/C42H29N3SSi/c1-47(2)38-19-11-8-16-31(38)39-40(26-12-4-3-5-13-26)43-41(44-42(39)47)27-20-22-28(23-21-27)45-34-17-9-6-14-29(34)32-25-37-33(24-35(32)45)30-15-7-10-18-36(30)46-37/h3-25H,1-2H3. The predicted molar refractivity (Wildman–Crippen MR) is 202 cm³/mol. The van der Waals surface area contributed by atoms with Crippen LogP contribution >= 0.6 is 11.3 Å². The molecule has 0 fully saturated rings. The lowest BCUT2D eigenvalue weighted by Gasteiger charge is -2.19. The van der Waals surface area contributed by atoms with E-state index in [0.717, 1.165) is 28.3 Å². The van der Waals surface area contributed by atoms with Crippen molar-refractivity contribution in [1.82, 2.24) is 14.5 Å². The van der Waals surface area contributed by atoms with Gasteiger partial charge in [-0.05, 0) is 59.3 Å². The summed E-state index contributed by atoms with van der Waals surface area (Å²) in [6, 6.07) is 50.6. The summed E-state index contributed by atoms with van der Waals surface area (Å²) < 4.78 is 5.06. The van der Waals surface area contributed by atoms with Gasteiger partial charge in [-0.25, -0.2) is 9.97 Å². The van der Waals surface area contributed by atoms with E-state index in [2.05, 4.69) is 157 Å². The van der Waals surface area contributed by atoms with Crippen molar-refractivity contribution in [3.8, 4) is 39.5 Å². The zero-order chi connectivity index (χ0) is 31.3. The van der Waals surface area contributed by atoms with Crippen LogP contribution in [0.1, 0.15) is 0 Å². The van der Waals surface area contributed by atoms with Crippen molar-refractivity contribution < 1.29 is 0 Å². The Labute approximate surface area is 277 Å². The predicted octanol–water partition coefficient (Wildman–Crippen LogP) is 10.1. The lowest BCUT2D eigenvalue weighted by Crippen LogP contribution is -2.50. The molecule has 9 aromatic rings. The molecular weight excluding hydrogens is 607 g/mol. The molecule has 0 unspecified atom stereocenters. The zero-order valence-corrected chi connectivity index (χ0v) is 27.8. The minimum atomic E-state index is -2.02. The molecule has 0 atom stereocenters. The van der Waals surface area contributed by atoms with Crippen molar-refractivity contribution >= 4 is 71.9 Å². The fraction of sp³-hybridized carbons (Fsp3) is 0.0476. The highest BCUT2D eigenvalue weighted by atomic mass is 32.1. The van der Waals surface area contributed by atoms with Gasteiger partial charge >= 0.3 is 0 Å². The molecule has 1 aliphatic heterocycles. The molecule has 0 saturated carbocycles. The van der Waals surface area contributed by atoms with E-state index < -0.39 is 8.07 Å². The molecule has 0 aliphatic carbocycles. The summed E-state index contributed by atoms with van der Waals surface area (Å²) in [5, 5.41) is 7.84. The molecule has 0 bridgehead atoms. The van der Waals surface area contributed by atoms with Gasteiger partial charge in [0.25, 0.3) is 0 Å². The van der Waals surface area contributed by atoms with E-state index in [9.17, 15) is 0 Å². The number of nitrogens with zero attached hydrogens (tertiary/aromatic N) is 3. The van der Waals surface area contributed by atoms with Crippen LogP contribution < -0.4 is 10.5 Å². The smallest absolute Gasteiger partial charge is 0.159 e. The van der Waals surface area contributed by atoms with Crippen LogP contribution in [0.2, 0.25) is 13.1 Å². The minimum Gasteiger partial charge on any atom is -0.309 e. The molecule has 0 saturated heterocycles. The van der Waals surface area contributed by atoms with Crippen molar-refractivity contribution in [2.45, 2.75) is 13.1 Å². The van der Waals surface area contributed by atoms with Crippen LogP contribution in [0.3, 0.4) is 0 Å². The number of benzene rings is 6. The summed E-state index contributed by atoms with van der Waals surface area (Å²) in [4.78, 5) is 10.7. The van der Waals surface area contributed by atoms with Gasteiger partial charge in [0.15, 0.2) is 5.82 Å². The molecule has 3 nitrogen and oxygen atoms in total. The molecule has 4 heterocycles. The third-order valence-corrected chi connectivity index (χ3v) is 14.4. The Kier molecular flexibility index (Phi) is 5.60. The third-order valence-electron chi connectivity index (χ3n) is 9.97. The zero-order valence-electron chi connectivity index (χ0n) is 26.0. The van der Waals surface area contributed by atoms with Gasteiger partial charge in [-0.3, -0.25) is 0 Å². The number of hydrogen-bond donors (Lipinski definition) is 0. The average Bonchev–Trinajstić information content (AvgIpc) is 3.72. The van der Waals surface area contributed by atoms with E-state index >= 15 is 0 Å². The molecule has 6 aromatic carbocycles. The maximum atomic E-state index is 5.37. The van der Waals surface area contributed by atoms with Gasteiger partial charge in [0.05, 0.1) is 16.7 Å². The Morgan fingerprint density at radius 2 is 1.28 bits per heavy atom. The number of aromatic nitrogens is 3. The lowest BCUT2D eigenvalue weighted by atomic mass is 10.0. The van der Waals surface area contributed by atoms with Crippen LogP contribution in [-0.4, -0.2) is 22.6 Å². The molecule has 0 spiro atoms. The Morgan fingerprint density at radius 1 is 0.553 bits per heavy atom. The topological polar surface area (TPSA) is 30.7 Å². The van der Waals surface area contributed by atoms with Crippen molar-refractivity contribution in [3.63, 3.8) is 0 Å². The Morgan fingerprint density at radius 3 is 2.13 bits per heavy atom. The SMILES string of the molecule is C[Si]1(C)c2ccccc2-c2c(-c3ccccc3)nc(-c3ccc(-n4c5ccccc5c5cc6sc7ccccc7c6cc54)cc3)nc21. The van der Waals surface area contributed by atoms with E-state index in [0.29, 0.717) is 0 Å². The number of hydrogen-bond acceptors (Lipinski definition) is 3. The molecular formula is C42H29N3SSi. The third kappa shape index (κ3) is 3.84. The summed E-state index contributed by atoms with van der Waals surface area (Å²) >= 11 is 1.87. The fourth-order valence-corrected chi connectivity index (χ4v) is 11.7. The molecule has 5 heteroatoms. The minimum absolute atomic E-state index is 0.788. The monoisotopic (exact) mass is 635 g/mol. The van der Waals surface area contributed by atoms with E-state index in [1.165, 1.54) is 63.6 Å². The summed E-state index contributed by atoms with van der Waals surface area (Å²) in [5.41, 5.74) is 9.24. The lowest BCUT2D eigenvalue weighted by molar-refractivity contribution is 1.17. The van der Waals surface area contributed by atoms with Gasteiger partial charge in [-0.2, -0.15) is 0 Å². The van der Waals surface area contributed by atoms with E-state index in [4.69, 9.17) is 9.97 Å². The van der Waals surface area contributed by atoms with Crippen molar-refractivity contribution in [2.75, 3.05) is 0 Å². The van der Waals surface area contributed by atoms with Crippen LogP contribution in [0.5, 0.6) is 0 Å². The van der Waals surface area contributed by atoms with Crippen LogP contribution in [0.25, 0.3) is 81.4 Å². The van der Waals surface area contributed by atoms with E-state index in [-0.39, 0.29) is 0 Å². The second kappa shape index (κ2) is 9.82. The van der Waals surface area contributed by atoms with E-state index in [1.54, 1.807) is 0 Å². The van der Waals surface area contributed by atoms with Gasteiger partial charge < -0.3 is 4.57 Å². The van der Waals surface area contributed by atoms with Crippen molar-refractivity contribution in [1.29, 1.82) is 0 Å². The molecule has 0 amide bonds. The highest BCUT2D eigenvalue weighted by molar-refractivity contribution is 7.25. The average molecular weight is 636 g/mol. The van der Waals surface area contributed by atoms with Gasteiger partial charge in [0.2, 0.25) is 0 Å².